The Bertz CT molecular complexity index is 484. The molecule has 0 aromatic heterocycles. The molecule has 110 valence electrons. The highest BCUT2D eigenvalue weighted by Gasteiger charge is 2.36. The van der Waals surface area contributed by atoms with Gasteiger partial charge in [0.05, 0.1) is 0 Å². The maximum atomic E-state index is 12.6. The van der Waals surface area contributed by atoms with Crippen LogP contribution in [0.4, 0.5) is 0 Å². The summed E-state index contributed by atoms with van der Waals surface area (Å²) in [7, 11) is 3.32. The second kappa shape index (κ2) is 5.94. The maximum absolute atomic E-state index is 12.6. The molecule has 2 rings (SSSR count). The molecule has 1 amide bonds. The van der Waals surface area contributed by atoms with Gasteiger partial charge in [0.2, 0.25) is 0 Å². The molecule has 20 heavy (non-hydrogen) atoms. The molecule has 1 heterocycles. The number of ether oxygens (including phenoxy) is 2. The van der Waals surface area contributed by atoms with Gasteiger partial charge in [-0.1, -0.05) is 17.7 Å². The zero-order valence-corrected chi connectivity index (χ0v) is 12.7. The number of carbonyl (C=O) groups excluding carboxylic acids is 1. The molecule has 1 aliphatic rings. The smallest absolute Gasteiger partial charge is 0.254 e. The summed E-state index contributed by atoms with van der Waals surface area (Å²) >= 11 is 0. The molecule has 0 spiro atoms. The minimum absolute atomic E-state index is 0.104. The van der Waals surface area contributed by atoms with Gasteiger partial charge in [0.15, 0.2) is 5.79 Å². The summed E-state index contributed by atoms with van der Waals surface area (Å²) in [6.07, 6.45) is 1.41. The Morgan fingerprint density at radius 1 is 1.15 bits per heavy atom. The zero-order valence-electron chi connectivity index (χ0n) is 12.7. The van der Waals surface area contributed by atoms with Crippen LogP contribution in [0, 0.1) is 13.8 Å². The first-order chi connectivity index (χ1) is 9.51. The van der Waals surface area contributed by atoms with Gasteiger partial charge < -0.3 is 14.4 Å². The molecular formula is C16H23NO3. The first-order valence-corrected chi connectivity index (χ1v) is 6.98. The lowest BCUT2D eigenvalue weighted by molar-refractivity contribution is -0.226. The van der Waals surface area contributed by atoms with Crippen molar-refractivity contribution in [3.05, 3.63) is 34.9 Å². The minimum atomic E-state index is -0.529. The highest BCUT2D eigenvalue weighted by molar-refractivity contribution is 5.95. The van der Waals surface area contributed by atoms with Crippen LogP contribution in [-0.4, -0.2) is 43.9 Å². The Balaban J connectivity index is 2.10. The van der Waals surface area contributed by atoms with Crippen LogP contribution in [0.2, 0.25) is 0 Å². The molecule has 0 aliphatic carbocycles. The molecule has 0 atom stereocenters. The number of nitrogens with zero attached hydrogens (tertiary/aromatic N) is 1. The number of hydrogen-bond acceptors (Lipinski definition) is 3. The lowest BCUT2D eigenvalue weighted by Gasteiger charge is -2.39. The van der Waals surface area contributed by atoms with Crippen molar-refractivity contribution < 1.29 is 14.3 Å². The Hall–Kier alpha value is -1.39. The van der Waals surface area contributed by atoms with Crippen LogP contribution in [0.15, 0.2) is 18.2 Å². The highest BCUT2D eigenvalue weighted by Crippen LogP contribution is 2.27. The zero-order chi connectivity index (χ0) is 14.8. The summed E-state index contributed by atoms with van der Waals surface area (Å²) in [6.45, 7) is 5.31. The minimum Gasteiger partial charge on any atom is -0.353 e. The maximum Gasteiger partial charge on any atom is 0.254 e. The monoisotopic (exact) mass is 277 g/mol. The fourth-order valence-corrected chi connectivity index (χ4v) is 2.68. The summed E-state index contributed by atoms with van der Waals surface area (Å²) < 4.78 is 10.9. The van der Waals surface area contributed by atoms with Gasteiger partial charge in [0.1, 0.15) is 0 Å². The number of carbonyl (C=O) groups is 1. The van der Waals surface area contributed by atoms with E-state index in [9.17, 15) is 4.79 Å². The molecule has 4 nitrogen and oxygen atoms in total. The molecule has 0 N–H and O–H groups in total. The van der Waals surface area contributed by atoms with E-state index < -0.39 is 5.79 Å². The quantitative estimate of drug-likeness (QED) is 0.797. The summed E-state index contributed by atoms with van der Waals surface area (Å²) in [5, 5.41) is 0. The highest BCUT2D eigenvalue weighted by atomic mass is 16.7. The van der Waals surface area contributed by atoms with E-state index in [1.165, 1.54) is 0 Å². The lowest BCUT2D eigenvalue weighted by Crippen LogP contribution is -2.48. The van der Waals surface area contributed by atoms with Crippen LogP contribution in [0.3, 0.4) is 0 Å². The number of benzene rings is 1. The number of rotatable bonds is 3. The Morgan fingerprint density at radius 3 is 2.30 bits per heavy atom. The molecule has 0 unspecified atom stereocenters. The molecule has 4 heteroatoms. The number of methoxy groups -OCH3 is 2. The summed E-state index contributed by atoms with van der Waals surface area (Å²) in [5.41, 5.74) is 2.93. The van der Waals surface area contributed by atoms with Gasteiger partial charge in [-0.2, -0.15) is 0 Å². The Morgan fingerprint density at radius 2 is 1.75 bits per heavy atom. The van der Waals surface area contributed by atoms with E-state index in [1.807, 2.05) is 36.9 Å². The predicted octanol–water partition coefficient (Wildman–Crippen LogP) is 2.53. The van der Waals surface area contributed by atoms with Gasteiger partial charge in [-0.15, -0.1) is 0 Å². The first-order valence-electron chi connectivity index (χ1n) is 6.98. The van der Waals surface area contributed by atoms with Gasteiger partial charge in [0, 0.05) is 45.7 Å². The molecule has 0 radical (unpaired) electrons. The third-order valence-electron chi connectivity index (χ3n) is 4.18. The van der Waals surface area contributed by atoms with E-state index in [0.29, 0.717) is 25.9 Å². The Labute approximate surface area is 120 Å². The molecule has 1 aliphatic heterocycles. The van der Waals surface area contributed by atoms with E-state index in [4.69, 9.17) is 9.47 Å². The second-order valence-electron chi connectivity index (χ2n) is 5.43. The van der Waals surface area contributed by atoms with Crippen molar-refractivity contribution in [2.24, 2.45) is 0 Å². The van der Waals surface area contributed by atoms with Gasteiger partial charge in [-0.25, -0.2) is 0 Å². The third-order valence-corrected chi connectivity index (χ3v) is 4.18. The second-order valence-corrected chi connectivity index (χ2v) is 5.43. The van der Waals surface area contributed by atoms with Crippen LogP contribution in [0.1, 0.15) is 34.3 Å². The molecule has 1 aromatic rings. The molecule has 0 bridgehead atoms. The fourth-order valence-electron chi connectivity index (χ4n) is 2.68. The number of likely N-dealkylation sites (tertiary alicyclic amines) is 1. The van der Waals surface area contributed by atoms with E-state index in [-0.39, 0.29) is 5.91 Å². The number of hydrogen-bond donors (Lipinski definition) is 0. The van der Waals surface area contributed by atoms with Crippen LogP contribution < -0.4 is 0 Å². The van der Waals surface area contributed by atoms with E-state index in [2.05, 4.69) is 0 Å². The molecule has 1 saturated heterocycles. The average molecular weight is 277 g/mol. The van der Waals surface area contributed by atoms with Crippen molar-refractivity contribution in [1.82, 2.24) is 4.90 Å². The SMILES string of the molecule is COC1(OC)CCN(C(=O)c2cc(C)ccc2C)CC1. The summed E-state index contributed by atoms with van der Waals surface area (Å²) in [5.74, 6) is -0.426. The summed E-state index contributed by atoms with van der Waals surface area (Å²) in [6, 6.07) is 6.00. The standard InChI is InChI=1S/C16H23NO3/c1-12-5-6-13(2)14(11-12)15(18)17-9-7-16(19-3,20-4)8-10-17/h5-6,11H,7-10H2,1-4H3. The van der Waals surface area contributed by atoms with Crippen molar-refractivity contribution in [3.63, 3.8) is 0 Å². The van der Waals surface area contributed by atoms with Crippen molar-refractivity contribution in [2.75, 3.05) is 27.3 Å². The van der Waals surface area contributed by atoms with Crippen molar-refractivity contribution in [1.29, 1.82) is 0 Å². The van der Waals surface area contributed by atoms with E-state index in [1.54, 1.807) is 14.2 Å². The topological polar surface area (TPSA) is 38.8 Å². The van der Waals surface area contributed by atoms with Gasteiger partial charge in [-0.05, 0) is 25.5 Å². The number of aryl methyl sites for hydroxylation is 2. The average Bonchev–Trinajstić information content (AvgIpc) is 2.49. The van der Waals surface area contributed by atoms with Crippen molar-refractivity contribution in [2.45, 2.75) is 32.5 Å². The van der Waals surface area contributed by atoms with Crippen LogP contribution in [-0.2, 0) is 9.47 Å². The fraction of sp³-hybridized carbons (Fsp3) is 0.562. The van der Waals surface area contributed by atoms with E-state index in [0.717, 1.165) is 16.7 Å². The van der Waals surface area contributed by atoms with Crippen LogP contribution in [0.25, 0.3) is 0 Å². The van der Waals surface area contributed by atoms with Crippen molar-refractivity contribution >= 4 is 5.91 Å². The molecule has 1 aromatic carbocycles. The largest absolute Gasteiger partial charge is 0.353 e. The summed E-state index contributed by atoms with van der Waals surface area (Å²) in [4.78, 5) is 14.5. The van der Waals surface area contributed by atoms with Crippen LogP contribution in [0.5, 0.6) is 0 Å². The van der Waals surface area contributed by atoms with Gasteiger partial charge in [0.25, 0.3) is 5.91 Å². The molecular weight excluding hydrogens is 254 g/mol. The van der Waals surface area contributed by atoms with Gasteiger partial charge in [-0.3, -0.25) is 4.79 Å². The number of amides is 1. The third kappa shape index (κ3) is 2.86. The normalized spacial score (nSPS) is 18.1. The molecule has 0 saturated carbocycles. The van der Waals surface area contributed by atoms with Crippen LogP contribution >= 0.6 is 0 Å². The molecule has 1 fully saturated rings. The predicted molar refractivity (Wildman–Crippen MR) is 77.8 cm³/mol. The van der Waals surface area contributed by atoms with Gasteiger partial charge >= 0.3 is 0 Å². The Kier molecular flexibility index (Phi) is 4.45. The van der Waals surface area contributed by atoms with E-state index >= 15 is 0 Å². The first kappa shape index (κ1) is 15.0. The number of piperidine rings is 1. The van der Waals surface area contributed by atoms with Crippen molar-refractivity contribution in [3.8, 4) is 0 Å². The lowest BCUT2D eigenvalue weighted by atomic mass is 10.00.